The van der Waals surface area contributed by atoms with Gasteiger partial charge >= 0.3 is 0 Å². The average molecular weight is 598 g/mol. The van der Waals surface area contributed by atoms with Gasteiger partial charge in [0.2, 0.25) is 0 Å². The first-order valence-electron chi connectivity index (χ1n) is 16.3. The van der Waals surface area contributed by atoms with Gasteiger partial charge in [0.25, 0.3) is 0 Å². The van der Waals surface area contributed by atoms with Crippen LogP contribution in [0.3, 0.4) is 0 Å². The number of hydrogen-bond acceptors (Lipinski definition) is 4. The molecule has 0 saturated heterocycles. The molecule has 0 N–H and O–H groups in total. The number of benzene rings is 5. The number of nitrogens with zero attached hydrogens (tertiary/aromatic N) is 1. The quantitative estimate of drug-likeness (QED) is 0.202. The van der Waals surface area contributed by atoms with Crippen molar-refractivity contribution < 1.29 is 13.3 Å². The Bertz CT molecular complexity index is 2520. The van der Waals surface area contributed by atoms with Gasteiger partial charge in [-0.15, -0.1) is 0 Å². The Balaban J connectivity index is 1.32. The standard InChI is InChI=1S/C42H31NO3/c1-2-12-26(13-3-1)27-14-10-15-28(24-27)43(34-20-11-19-31-29-16-4-7-21-35(29)45-41(31)34)40-39-32-18-6-9-23-37(32)44-38(39)25-33-30-17-5-8-22-36(30)46-42(33)40/h1-8,11-14,16-22,25,28H,9-10,15,23-24H2. The van der Waals surface area contributed by atoms with E-state index >= 15 is 0 Å². The number of hydrogen-bond donors (Lipinski definition) is 0. The van der Waals surface area contributed by atoms with Crippen LogP contribution in [0.15, 0.2) is 129 Å². The molecule has 1 atom stereocenters. The fourth-order valence-corrected chi connectivity index (χ4v) is 7.91. The third-order valence-electron chi connectivity index (χ3n) is 9.97. The molecule has 2 aliphatic rings. The summed E-state index contributed by atoms with van der Waals surface area (Å²) in [4.78, 5) is 2.55. The second kappa shape index (κ2) is 10.0. The Morgan fingerprint density at radius 2 is 1.37 bits per heavy atom. The van der Waals surface area contributed by atoms with Gasteiger partial charge < -0.3 is 18.2 Å². The molecule has 3 aromatic heterocycles. The molecule has 222 valence electrons. The monoisotopic (exact) mass is 597 g/mol. The van der Waals surface area contributed by atoms with Crippen LogP contribution in [0.4, 0.5) is 11.4 Å². The number of allylic oxidation sites excluding steroid dienone is 2. The number of aryl methyl sites for hydroxylation is 1. The highest BCUT2D eigenvalue weighted by Crippen LogP contribution is 2.51. The van der Waals surface area contributed by atoms with Crippen LogP contribution in [0.1, 0.15) is 42.6 Å². The number of para-hydroxylation sites is 3. The van der Waals surface area contributed by atoms with E-state index in [2.05, 4.69) is 114 Å². The largest absolute Gasteiger partial charge is 0.460 e. The summed E-state index contributed by atoms with van der Waals surface area (Å²) in [5, 5.41) is 5.53. The predicted octanol–water partition coefficient (Wildman–Crippen LogP) is 12.0. The summed E-state index contributed by atoms with van der Waals surface area (Å²) in [7, 11) is 0. The summed E-state index contributed by atoms with van der Waals surface area (Å²) >= 11 is 0. The van der Waals surface area contributed by atoms with Crippen LogP contribution in [-0.4, -0.2) is 6.04 Å². The van der Waals surface area contributed by atoms with Crippen molar-refractivity contribution >= 4 is 77.9 Å². The number of anilines is 2. The first kappa shape index (κ1) is 25.8. The van der Waals surface area contributed by atoms with Gasteiger partial charge in [0.15, 0.2) is 11.2 Å². The van der Waals surface area contributed by atoms with Crippen molar-refractivity contribution in [1.82, 2.24) is 0 Å². The van der Waals surface area contributed by atoms with Gasteiger partial charge in [-0.3, -0.25) is 0 Å². The van der Waals surface area contributed by atoms with Crippen molar-refractivity contribution in [1.29, 1.82) is 0 Å². The molecular weight excluding hydrogens is 566 g/mol. The van der Waals surface area contributed by atoms with E-state index in [0.717, 1.165) is 110 Å². The van der Waals surface area contributed by atoms with E-state index in [-0.39, 0.29) is 6.04 Å². The molecular formula is C42H31NO3. The number of rotatable bonds is 4. The molecule has 0 radical (unpaired) electrons. The van der Waals surface area contributed by atoms with Crippen LogP contribution < -0.4 is 4.90 Å². The maximum absolute atomic E-state index is 6.88. The number of fused-ring (bicyclic) bond motifs is 9. The Morgan fingerprint density at radius 3 is 2.22 bits per heavy atom. The molecule has 0 saturated carbocycles. The van der Waals surface area contributed by atoms with Gasteiger partial charge in [-0.2, -0.15) is 0 Å². The average Bonchev–Trinajstić information content (AvgIpc) is 3.80. The summed E-state index contributed by atoms with van der Waals surface area (Å²) in [5.41, 5.74) is 10.4. The van der Waals surface area contributed by atoms with Gasteiger partial charge in [-0.25, -0.2) is 0 Å². The van der Waals surface area contributed by atoms with E-state index in [1.165, 1.54) is 11.1 Å². The molecule has 0 bridgehead atoms. The van der Waals surface area contributed by atoms with Crippen molar-refractivity contribution in [3.63, 3.8) is 0 Å². The Kier molecular flexibility index (Phi) is 5.62. The van der Waals surface area contributed by atoms with Crippen molar-refractivity contribution in [3.05, 3.63) is 132 Å². The zero-order valence-electron chi connectivity index (χ0n) is 25.3. The summed E-state index contributed by atoms with van der Waals surface area (Å²) in [6.07, 6.45) is 11.7. The minimum absolute atomic E-state index is 0.152. The normalized spacial score (nSPS) is 16.5. The van der Waals surface area contributed by atoms with Crippen molar-refractivity contribution in [2.75, 3.05) is 4.90 Å². The molecule has 0 spiro atoms. The first-order chi connectivity index (χ1) is 22.8. The SMILES string of the molecule is C1=Cc2c(oc3cc4c(oc5ccccc54)c(N(c4cccc5c4oc4ccccc45)C4CCC=C(c5ccccc5)C4)c23)CC1. The fourth-order valence-electron chi connectivity index (χ4n) is 7.91. The lowest BCUT2D eigenvalue weighted by Gasteiger charge is -2.37. The molecule has 10 rings (SSSR count). The third kappa shape index (κ3) is 3.80. The molecule has 1 unspecified atom stereocenters. The van der Waals surface area contributed by atoms with Crippen LogP contribution in [0, 0.1) is 0 Å². The second-order valence-electron chi connectivity index (χ2n) is 12.6. The second-order valence-corrected chi connectivity index (χ2v) is 12.6. The van der Waals surface area contributed by atoms with E-state index in [9.17, 15) is 0 Å². The first-order valence-corrected chi connectivity index (χ1v) is 16.3. The molecule has 5 aromatic carbocycles. The zero-order valence-corrected chi connectivity index (χ0v) is 25.3. The van der Waals surface area contributed by atoms with Gasteiger partial charge in [-0.05, 0) is 61.1 Å². The highest BCUT2D eigenvalue weighted by Gasteiger charge is 2.33. The highest BCUT2D eigenvalue weighted by molar-refractivity contribution is 6.20. The molecule has 3 heterocycles. The third-order valence-corrected chi connectivity index (χ3v) is 9.97. The summed E-state index contributed by atoms with van der Waals surface area (Å²) in [6.45, 7) is 0. The van der Waals surface area contributed by atoms with Crippen LogP contribution in [-0.2, 0) is 6.42 Å². The van der Waals surface area contributed by atoms with E-state index in [1.54, 1.807) is 0 Å². The van der Waals surface area contributed by atoms with E-state index in [4.69, 9.17) is 13.3 Å². The topological polar surface area (TPSA) is 42.7 Å². The summed E-state index contributed by atoms with van der Waals surface area (Å²) in [6, 6.07) is 36.4. The highest BCUT2D eigenvalue weighted by atomic mass is 16.3. The lowest BCUT2D eigenvalue weighted by atomic mass is 9.88. The van der Waals surface area contributed by atoms with Gasteiger partial charge in [0.05, 0.1) is 16.8 Å². The smallest absolute Gasteiger partial charge is 0.159 e. The minimum atomic E-state index is 0.152. The van der Waals surface area contributed by atoms with Gasteiger partial charge in [-0.1, -0.05) is 97.1 Å². The Hall–Kier alpha value is -5.48. The van der Waals surface area contributed by atoms with Gasteiger partial charge in [0.1, 0.15) is 22.5 Å². The molecule has 2 aliphatic carbocycles. The molecule has 46 heavy (non-hydrogen) atoms. The molecule has 0 amide bonds. The van der Waals surface area contributed by atoms with Gasteiger partial charge in [0, 0.05) is 39.6 Å². The molecule has 0 fully saturated rings. The minimum Gasteiger partial charge on any atom is -0.460 e. The number of furan rings is 3. The summed E-state index contributed by atoms with van der Waals surface area (Å²) in [5.74, 6) is 1.05. The van der Waals surface area contributed by atoms with Crippen LogP contribution in [0.25, 0.3) is 66.5 Å². The van der Waals surface area contributed by atoms with Crippen molar-refractivity contribution in [3.8, 4) is 0 Å². The van der Waals surface area contributed by atoms with Crippen molar-refractivity contribution in [2.45, 2.75) is 38.1 Å². The lowest BCUT2D eigenvalue weighted by molar-refractivity contribution is 0.546. The summed E-state index contributed by atoms with van der Waals surface area (Å²) < 4.78 is 20.3. The Labute approximate surface area is 265 Å². The molecule has 0 aliphatic heterocycles. The molecule has 4 heteroatoms. The molecule has 4 nitrogen and oxygen atoms in total. The van der Waals surface area contributed by atoms with Crippen molar-refractivity contribution in [2.24, 2.45) is 0 Å². The van der Waals surface area contributed by atoms with E-state index in [0.29, 0.717) is 0 Å². The Morgan fingerprint density at radius 1 is 0.630 bits per heavy atom. The fraction of sp³-hybridized carbons (Fsp3) is 0.143. The lowest BCUT2D eigenvalue weighted by Crippen LogP contribution is -2.33. The van der Waals surface area contributed by atoms with Crippen LogP contribution in [0.5, 0.6) is 0 Å². The van der Waals surface area contributed by atoms with Crippen LogP contribution >= 0.6 is 0 Å². The molecule has 8 aromatic rings. The zero-order chi connectivity index (χ0) is 30.2. The predicted molar refractivity (Wildman–Crippen MR) is 189 cm³/mol. The maximum Gasteiger partial charge on any atom is 0.159 e. The maximum atomic E-state index is 6.88. The van der Waals surface area contributed by atoms with E-state index in [1.807, 2.05) is 12.1 Å². The van der Waals surface area contributed by atoms with E-state index < -0.39 is 0 Å². The van der Waals surface area contributed by atoms with Crippen LogP contribution in [0.2, 0.25) is 0 Å².